The number of nitrogens with zero attached hydrogens (tertiary/aromatic N) is 2. The smallest absolute Gasteiger partial charge is 0.242 e. The highest BCUT2D eigenvalue weighted by Crippen LogP contribution is 2.31. The number of carbonyl (C=O) groups is 2. The second kappa shape index (κ2) is 14.4. The number of benzene rings is 2. The van der Waals surface area contributed by atoms with Crippen LogP contribution in [0.2, 0.25) is 20.1 Å². The van der Waals surface area contributed by atoms with Gasteiger partial charge in [0.15, 0.2) is 0 Å². The molecule has 2 aromatic carbocycles. The zero-order valence-corrected chi connectivity index (χ0v) is 24.8. The summed E-state index contributed by atoms with van der Waals surface area (Å²) in [5.41, 5.74) is 0.879. The van der Waals surface area contributed by atoms with Gasteiger partial charge in [-0.1, -0.05) is 66.3 Å². The summed E-state index contributed by atoms with van der Waals surface area (Å²) in [5, 5.41) is 4.25. The van der Waals surface area contributed by atoms with Crippen molar-refractivity contribution in [3.63, 3.8) is 0 Å². The van der Waals surface area contributed by atoms with E-state index >= 15 is 0 Å². The van der Waals surface area contributed by atoms with Crippen LogP contribution in [0.25, 0.3) is 0 Å². The van der Waals surface area contributed by atoms with Crippen LogP contribution < -0.4 is 9.62 Å². The Balaban J connectivity index is 2.27. The van der Waals surface area contributed by atoms with Gasteiger partial charge in [-0.3, -0.25) is 13.9 Å². The van der Waals surface area contributed by atoms with Gasteiger partial charge in [-0.2, -0.15) is 0 Å². The first-order chi connectivity index (χ1) is 17.4. The molecule has 7 nitrogen and oxygen atoms in total. The molecule has 2 rings (SSSR count). The number of amides is 2. The second-order valence-electron chi connectivity index (χ2n) is 8.51. The summed E-state index contributed by atoms with van der Waals surface area (Å²) >= 11 is 24.7. The summed E-state index contributed by atoms with van der Waals surface area (Å²) in [7, 11) is -3.71. The highest BCUT2D eigenvalue weighted by Gasteiger charge is 2.29. The Morgan fingerprint density at radius 3 is 2.22 bits per heavy atom. The van der Waals surface area contributed by atoms with Crippen LogP contribution in [0.3, 0.4) is 0 Å². The number of rotatable bonds is 13. The van der Waals surface area contributed by atoms with E-state index in [0.29, 0.717) is 33.6 Å². The molecule has 1 atom stereocenters. The lowest BCUT2D eigenvalue weighted by molar-refractivity contribution is -0.141. The number of sulfonamides is 1. The van der Waals surface area contributed by atoms with Crippen LogP contribution in [0, 0.1) is 0 Å². The molecule has 2 aromatic rings. The third kappa shape index (κ3) is 9.21. The predicted molar refractivity (Wildman–Crippen MR) is 152 cm³/mol. The summed E-state index contributed by atoms with van der Waals surface area (Å²) in [4.78, 5) is 27.8. The normalized spacial score (nSPS) is 12.2. The average Bonchev–Trinajstić information content (AvgIpc) is 2.82. The molecule has 0 aliphatic carbocycles. The molecule has 12 heteroatoms. The van der Waals surface area contributed by atoms with E-state index in [4.69, 9.17) is 46.4 Å². The van der Waals surface area contributed by atoms with Crippen LogP contribution >= 0.6 is 46.4 Å². The van der Waals surface area contributed by atoms with Crippen LogP contribution in [-0.2, 0) is 26.2 Å². The summed E-state index contributed by atoms with van der Waals surface area (Å²) in [6.07, 6.45) is 2.39. The Morgan fingerprint density at radius 2 is 1.62 bits per heavy atom. The fourth-order valence-corrected chi connectivity index (χ4v) is 5.65. The maximum Gasteiger partial charge on any atom is 0.242 e. The molecule has 0 fully saturated rings. The molecule has 0 saturated carbocycles. The predicted octanol–water partition coefficient (Wildman–Crippen LogP) is 6.18. The van der Waals surface area contributed by atoms with Gasteiger partial charge in [0.2, 0.25) is 21.8 Å². The minimum absolute atomic E-state index is 0.000993. The van der Waals surface area contributed by atoms with Gasteiger partial charge in [0.05, 0.1) is 17.0 Å². The molecular weight excluding hydrogens is 580 g/mol. The zero-order valence-electron chi connectivity index (χ0n) is 20.9. The molecule has 0 aromatic heterocycles. The van der Waals surface area contributed by atoms with Crippen molar-refractivity contribution in [2.45, 2.75) is 52.1 Å². The van der Waals surface area contributed by atoms with Gasteiger partial charge in [-0.15, -0.1) is 0 Å². The van der Waals surface area contributed by atoms with Crippen LogP contribution in [0.5, 0.6) is 0 Å². The Hall–Kier alpha value is -1.71. The molecule has 0 unspecified atom stereocenters. The molecule has 2 amide bonds. The Bertz CT molecular complexity index is 1210. The Labute approximate surface area is 239 Å². The average molecular weight is 611 g/mol. The number of carbonyl (C=O) groups excluding carboxylic acids is 2. The molecule has 0 aliphatic rings. The van der Waals surface area contributed by atoms with E-state index in [1.54, 1.807) is 24.3 Å². The van der Waals surface area contributed by atoms with Crippen molar-refractivity contribution >= 4 is 73.9 Å². The topological polar surface area (TPSA) is 86.8 Å². The van der Waals surface area contributed by atoms with E-state index in [1.165, 1.54) is 17.0 Å². The first-order valence-corrected chi connectivity index (χ1v) is 15.2. The van der Waals surface area contributed by atoms with Crippen LogP contribution in [0.15, 0.2) is 36.4 Å². The molecular formula is C25H31Cl4N3O4S. The van der Waals surface area contributed by atoms with E-state index in [-0.39, 0.29) is 48.5 Å². The van der Waals surface area contributed by atoms with Gasteiger partial charge >= 0.3 is 0 Å². The first kappa shape index (κ1) is 31.5. The number of hydrogen-bond acceptors (Lipinski definition) is 4. The van der Waals surface area contributed by atoms with Crippen molar-refractivity contribution in [2.75, 3.05) is 23.7 Å². The fourth-order valence-electron chi connectivity index (χ4n) is 3.78. The highest BCUT2D eigenvalue weighted by molar-refractivity contribution is 7.92. The third-order valence-corrected chi connectivity index (χ3v) is 7.94. The zero-order chi connectivity index (χ0) is 27.8. The largest absolute Gasteiger partial charge is 0.354 e. The second-order valence-corrected chi connectivity index (χ2v) is 12.1. The Morgan fingerprint density at radius 1 is 0.973 bits per heavy atom. The van der Waals surface area contributed by atoms with Gasteiger partial charge in [-0.25, -0.2) is 8.42 Å². The van der Waals surface area contributed by atoms with Crippen molar-refractivity contribution in [3.05, 3.63) is 62.1 Å². The van der Waals surface area contributed by atoms with Crippen molar-refractivity contribution in [2.24, 2.45) is 0 Å². The number of anilines is 1. The SMILES string of the molecule is CCCNC(=O)[C@@H](CC)N(Cc1ccc(Cl)cc1Cl)C(=O)CCCN(c1cc(Cl)ccc1Cl)S(C)(=O)=O. The minimum Gasteiger partial charge on any atom is -0.354 e. The minimum atomic E-state index is -3.71. The quantitative estimate of drug-likeness (QED) is 0.293. The molecule has 0 bridgehead atoms. The van der Waals surface area contributed by atoms with E-state index in [2.05, 4.69) is 5.32 Å². The van der Waals surface area contributed by atoms with Crippen LogP contribution in [0.1, 0.15) is 45.1 Å². The summed E-state index contributed by atoms with van der Waals surface area (Å²) in [6.45, 7) is 4.36. The van der Waals surface area contributed by atoms with Gasteiger partial charge in [0, 0.05) is 41.1 Å². The van der Waals surface area contributed by atoms with Crippen molar-refractivity contribution < 1.29 is 18.0 Å². The number of hydrogen-bond donors (Lipinski definition) is 1. The van der Waals surface area contributed by atoms with Crippen LogP contribution in [0.4, 0.5) is 5.69 Å². The molecule has 204 valence electrons. The third-order valence-electron chi connectivity index (χ3n) is 5.62. The van der Waals surface area contributed by atoms with E-state index < -0.39 is 16.1 Å². The lowest BCUT2D eigenvalue weighted by Gasteiger charge is -2.31. The maximum atomic E-state index is 13.5. The van der Waals surface area contributed by atoms with Crippen molar-refractivity contribution in [3.8, 4) is 0 Å². The van der Waals surface area contributed by atoms with Gasteiger partial charge in [0.1, 0.15) is 6.04 Å². The van der Waals surface area contributed by atoms with E-state index in [0.717, 1.165) is 17.0 Å². The molecule has 0 saturated heterocycles. The lowest BCUT2D eigenvalue weighted by Crippen LogP contribution is -2.49. The fraction of sp³-hybridized carbons (Fsp3) is 0.440. The lowest BCUT2D eigenvalue weighted by atomic mass is 10.1. The van der Waals surface area contributed by atoms with E-state index in [1.807, 2.05) is 13.8 Å². The monoisotopic (exact) mass is 609 g/mol. The first-order valence-electron chi connectivity index (χ1n) is 11.8. The van der Waals surface area contributed by atoms with Gasteiger partial charge in [0.25, 0.3) is 0 Å². The summed E-state index contributed by atoms with van der Waals surface area (Å²) in [5.74, 6) is -0.568. The Kier molecular flexibility index (Phi) is 12.3. The number of nitrogens with one attached hydrogen (secondary N) is 1. The molecule has 0 spiro atoms. The van der Waals surface area contributed by atoms with Crippen molar-refractivity contribution in [1.29, 1.82) is 0 Å². The van der Waals surface area contributed by atoms with Crippen LogP contribution in [-0.4, -0.2) is 50.5 Å². The molecule has 37 heavy (non-hydrogen) atoms. The van der Waals surface area contributed by atoms with E-state index in [9.17, 15) is 18.0 Å². The van der Waals surface area contributed by atoms with Gasteiger partial charge in [-0.05, 0) is 55.2 Å². The van der Waals surface area contributed by atoms with Gasteiger partial charge < -0.3 is 10.2 Å². The number of halogens is 4. The van der Waals surface area contributed by atoms with Crippen molar-refractivity contribution in [1.82, 2.24) is 10.2 Å². The highest BCUT2D eigenvalue weighted by atomic mass is 35.5. The standard InChI is InChI=1S/C25H31Cl4N3O4S/c1-4-12-30-25(34)22(5-2)31(16-17-8-9-18(26)14-21(17)29)24(33)7-6-13-32(37(3,35)36)23-15-19(27)10-11-20(23)28/h8-11,14-15,22H,4-7,12-13,16H2,1-3H3,(H,30,34)/t22-/m1/s1. The molecule has 0 aliphatic heterocycles. The molecule has 0 heterocycles. The summed E-state index contributed by atoms with van der Waals surface area (Å²) in [6, 6.07) is 8.78. The molecule has 1 N–H and O–H groups in total. The summed E-state index contributed by atoms with van der Waals surface area (Å²) < 4.78 is 26.1. The molecule has 0 radical (unpaired) electrons. The maximum absolute atomic E-state index is 13.5.